The third kappa shape index (κ3) is 6.55. The summed E-state index contributed by atoms with van der Waals surface area (Å²) in [4.78, 5) is 0. The molecule has 7 nitrogen and oxygen atoms in total. The Morgan fingerprint density at radius 1 is 1.26 bits per heavy atom. The van der Waals surface area contributed by atoms with Gasteiger partial charge < -0.3 is 9.11 Å². The van der Waals surface area contributed by atoms with Crippen LogP contribution in [0.5, 0.6) is 0 Å². The summed E-state index contributed by atoms with van der Waals surface area (Å²) in [5, 5.41) is 0. The van der Waals surface area contributed by atoms with E-state index in [9.17, 15) is 13.7 Å². The predicted octanol–water partition coefficient (Wildman–Crippen LogP) is 3.42. The molecule has 0 amide bonds. The second-order valence-corrected chi connectivity index (χ2v) is 7.63. The van der Waals surface area contributed by atoms with Gasteiger partial charge in [0.25, 0.3) is 0 Å². The van der Waals surface area contributed by atoms with Gasteiger partial charge in [-0.1, -0.05) is 13.8 Å². The largest absolute Gasteiger partial charge is 0.475 e. The molecule has 0 aromatic carbocycles. The van der Waals surface area contributed by atoms with Crippen LogP contribution in [0.25, 0.3) is 0 Å². The van der Waals surface area contributed by atoms with Crippen LogP contribution in [0, 0.1) is 0 Å². The normalized spacial score (nSPS) is 25.2. The minimum atomic E-state index is -3.64. The molecule has 0 aromatic rings. The zero-order chi connectivity index (χ0) is 14.4. The van der Waals surface area contributed by atoms with E-state index in [-0.39, 0.29) is 25.6 Å². The van der Waals surface area contributed by atoms with Gasteiger partial charge >= 0.3 is 7.82 Å². The highest BCUT2D eigenvalue weighted by Gasteiger charge is 2.37. The van der Waals surface area contributed by atoms with Crippen LogP contribution in [0.4, 0.5) is 0 Å². The van der Waals surface area contributed by atoms with Crippen molar-refractivity contribution < 1.29 is 31.4 Å². The summed E-state index contributed by atoms with van der Waals surface area (Å²) in [6, 6.07) is 0. The van der Waals surface area contributed by atoms with Gasteiger partial charge in [-0.15, -0.1) is 0 Å². The van der Waals surface area contributed by atoms with E-state index in [1.807, 2.05) is 13.8 Å². The van der Waals surface area contributed by atoms with Gasteiger partial charge in [-0.25, -0.2) is 4.57 Å². The first-order chi connectivity index (χ1) is 8.91. The number of hydrogen-bond donors (Lipinski definition) is 2. The molecule has 19 heavy (non-hydrogen) atoms. The second kappa shape index (κ2) is 7.95. The Balaban J connectivity index is 2.57. The maximum Gasteiger partial charge on any atom is 0.475 e. The summed E-state index contributed by atoms with van der Waals surface area (Å²) < 4.78 is 51.8. The average molecular weight is 318 g/mol. The van der Waals surface area contributed by atoms with Crippen LogP contribution in [0.2, 0.25) is 0 Å². The van der Waals surface area contributed by atoms with E-state index in [0.29, 0.717) is 19.3 Å². The van der Waals surface area contributed by atoms with Gasteiger partial charge in [0.1, 0.15) is 0 Å². The van der Waals surface area contributed by atoms with Crippen LogP contribution in [0.15, 0.2) is 0 Å². The molecule has 0 bridgehead atoms. The summed E-state index contributed by atoms with van der Waals surface area (Å²) in [5.74, 6) is -0.109. The lowest BCUT2D eigenvalue weighted by atomic mass is 10.3. The lowest BCUT2D eigenvalue weighted by Gasteiger charge is -2.35. The van der Waals surface area contributed by atoms with Gasteiger partial charge in [0.05, 0.1) is 42.5 Å². The smallest absolute Gasteiger partial charge is 0.308 e. The maximum absolute atomic E-state index is 12.3. The van der Waals surface area contributed by atoms with E-state index in [1.54, 1.807) is 0 Å². The van der Waals surface area contributed by atoms with Crippen molar-refractivity contribution in [2.75, 3.05) is 25.6 Å². The van der Waals surface area contributed by atoms with Crippen LogP contribution in [-0.4, -0.2) is 40.8 Å². The Hall–Kier alpha value is 0.340. The summed E-state index contributed by atoms with van der Waals surface area (Å²) in [7, 11) is -6.74. The first-order valence-electron chi connectivity index (χ1n) is 6.38. The zero-order valence-electron chi connectivity index (χ0n) is 11.3. The summed E-state index contributed by atoms with van der Waals surface area (Å²) in [5.41, 5.74) is 0. The highest BCUT2D eigenvalue weighted by Crippen LogP contribution is 2.54. The van der Waals surface area contributed by atoms with Gasteiger partial charge in [-0.05, 0) is 19.3 Å². The van der Waals surface area contributed by atoms with Crippen molar-refractivity contribution >= 4 is 18.7 Å². The van der Waals surface area contributed by atoms with Crippen molar-refractivity contribution in [3.05, 3.63) is 0 Å². The van der Waals surface area contributed by atoms with Gasteiger partial charge in [0.15, 0.2) is 0 Å². The minimum absolute atomic E-state index is 0.109. The Kier molecular flexibility index (Phi) is 7.28. The standard InChI is InChI=1S/C10H23O7PS/c1-3-6-14-18(11,15-7-4-2)17-10-5-8-16-19(12,13)9-10/h10,12-13H,3-9H2,1-2H3. The lowest BCUT2D eigenvalue weighted by molar-refractivity contribution is 0.0650. The molecule has 1 saturated heterocycles. The predicted molar refractivity (Wildman–Crippen MR) is 73.3 cm³/mol. The minimum Gasteiger partial charge on any atom is -0.308 e. The summed E-state index contributed by atoms with van der Waals surface area (Å²) in [6.07, 6.45) is 1.20. The molecule has 0 aromatic heterocycles. The van der Waals surface area contributed by atoms with Gasteiger partial charge in [0.2, 0.25) is 0 Å². The van der Waals surface area contributed by atoms with Crippen molar-refractivity contribution in [2.45, 2.75) is 39.2 Å². The molecule has 1 unspecified atom stereocenters. The van der Waals surface area contributed by atoms with Gasteiger partial charge in [-0.2, -0.15) is 0 Å². The molecular formula is C10H23O7PS. The fourth-order valence-corrected chi connectivity index (χ4v) is 4.29. The molecule has 9 heteroatoms. The molecular weight excluding hydrogens is 295 g/mol. The van der Waals surface area contributed by atoms with Gasteiger partial charge in [0, 0.05) is 0 Å². The van der Waals surface area contributed by atoms with Crippen LogP contribution >= 0.6 is 18.7 Å². The molecule has 1 aliphatic heterocycles. The number of phosphoric acid groups is 1. The molecule has 2 N–H and O–H groups in total. The van der Waals surface area contributed by atoms with Crippen LogP contribution in [-0.2, 0) is 22.3 Å². The Bertz CT molecular complexity index is 300. The number of rotatable bonds is 8. The van der Waals surface area contributed by atoms with E-state index in [2.05, 4.69) is 0 Å². The molecule has 1 heterocycles. The van der Waals surface area contributed by atoms with Crippen molar-refractivity contribution in [3.63, 3.8) is 0 Å². The van der Waals surface area contributed by atoms with Crippen LogP contribution in [0.3, 0.4) is 0 Å². The SMILES string of the molecule is CCCOP(=O)(OCCC)OC1CCOS(O)(O)C1. The van der Waals surface area contributed by atoms with E-state index in [0.717, 1.165) is 0 Å². The zero-order valence-corrected chi connectivity index (χ0v) is 13.0. The molecule has 1 aliphatic rings. The van der Waals surface area contributed by atoms with Crippen molar-refractivity contribution in [2.24, 2.45) is 0 Å². The Morgan fingerprint density at radius 2 is 1.84 bits per heavy atom. The number of phosphoric ester groups is 1. The monoisotopic (exact) mass is 318 g/mol. The number of hydrogen-bond acceptors (Lipinski definition) is 7. The van der Waals surface area contributed by atoms with Crippen LogP contribution in [0.1, 0.15) is 33.1 Å². The molecule has 116 valence electrons. The molecule has 0 saturated carbocycles. The Labute approximate surface area is 115 Å². The molecule has 1 fully saturated rings. The summed E-state index contributed by atoms with van der Waals surface area (Å²) in [6.45, 7) is 4.44. The highest BCUT2D eigenvalue weighted by atomic mass is 32.3. The maximum atomic E-state index is 12.3. The first kappa shape index (κ1) is 17.4. The van der Waals surface area contributed by atoms with Gasteiger partial charge in [-0.3, -0.25) is 17.8 Å². The van der Waals surface area contributed by atoms with Crippen LogP contribution < -0.4 is 0 Å². The Morgan fingerprint density at radius 3 is 2.32 bits per heavy atom. The first-order valence-corrected chi connectivity index (χ1v) is 9.48. The van der Waals surface area contributed by atoms with E-state index < -0.39 is 24.8 Å². The topological polar surface area (TPSA) is 94.5 Å². The van der Waals surface area contributed by atoms with Crippen molar-refractivity contribution in [1.82, 2.24) is 0 Å². The summed E-state index contributed by atoms with van der Waals surface area (Å²) >= 11 is 0. The van der Waals surface area contributed by atoms with E-state index in [1.165, 1.54) is 0 Å². The molecule has 1 atom stereocenters. The van der Waals surface area contributed by atoms with E-state index >= 15 is 0 Å². The fraction of sp³-hybridized carbons (Fsp3) is 1.00. The molecule has 0 spiro atoms. The second-order valence-electron chi connectivity index (χ2n) is 4.23. The third-order valence-corrected chi connectivity index (χ3v) is 5.20. The third-order valence-electron chi connectivity index (χ3n) is 2.30. The fourth-order valence-electron chi connectivity index (χ4n) is 1.46. The lowest BCUT2D eigenvalue weighted by Crippen LogP contribution is -2.30. The van der Waals surface area contributed by atoms with E-state index in [4.69, 9.17) is 17.8 Å². The highest BCUT2D eigenvalue weighted by molar-refractivity contribution is 8.20. The van der Waals surface area contributed by atoms with Crippen molar-refractivity contribution in [3.8, 4) is 0 Å². The van der Waals surface area contributed by atoms with Crippen molar-refractivity contribution in [1.29, 1.82) is 0 Å². The molecule has 0 radical (unpaired) electrons. The quantitative estimate of drug-likeness (QED) is 0.662. The molecule has 0 aliphatic carbocycles. The average Bonchev–Trinajstić information content (AvgIpc) is 2.33. The molecule has 1 rings (SSSR count).